The molecule has 5 heteroatoms. The predicted molar refractivity (Wildman–Crippen MR) is 78.4 cm³/mol. The van der Waals surface area contributed by atoms with Crippen molar-refractivity contribution in [3.05, 3.63) is 60.2 Å². The molecular formula is C15H12N4S. The summed E-state index contributed by atoms with van der Waals surface area (Å²) in [7, 11) is 0. The number of benzene rings is 1. The minimum atomic E-state index is 0.248. The highest BCUT2D eigenvalue weighted by Crippen LogP contribution is 2.35. The Hall–Kier alpha value is -2.32. The maximum Gasteiger partial charge on any atom is 0.169 e. The van der Waals surface area contributed by atoms with E-state index >= 15 is 0 Å². The summed E-state index contributed by atoms with van der Waals surface area (Å²) in [5, 5.41) is 9.98. The van der Waals surface area contributed by atoms with Gasteiger partial charge in [0.15, 0.2) is 5.65 Å². The van der Waals surface area contributed by atoms with Crippen LogP contribution in [-0.4, -0.2) is 14.4 Å². The fourth-order valence-electron chi connectivity index (χ4n) is 1.98. The molecular weight excluding hydrogens is 268 g/mol. The Bertz CT molecular complexity index is 770. The van der Waals surface area contributed by atoms with Crippen molar-refractivity contribution in [3.63, 3.8) is 0 Å². The molecule has 0 bridgehead atoms. The van der Waals surface area contributed by atoms with E-state index in [1.165, 1.54) is 5.56 Å². The number of aromatic nitrogens is 3. The summed E-state index contributed by atoms with van der Waals surface area (Å²) in [5.41, 5.74) is 2.72. The van der Waals surface area contributed by atoms with Crippen LogP contribution < -0.4 is 0 Å². The van der Waals surface area contributed by atoms with Crippen molar-refractivity contribution in [3.8, 4) is 6.07 Å². The molecule has 0 saturated carbocycles. The molecule has 0 aliphatic heterocycles. The minimum absolute atomic E-state index is 0.248. The highest BCUT2D eigenvalue weighted by atomic mass is 32.2. The average Bonchev–Trinajstić information content (AvgIpc) is 2.97. The molecule has 4 nitrogen and oxygen atoms in total. The van der Waals surface area contributed by atoms with Crippen molar-refractivity contribution in [1.82, 2.24) is 14.4 Å². The van der Waals surface area contributed by atoms with Crippen LogP contribution in [0.25, 0.3) is 5.65 Å². The van der Waals surface area contributed by atoms with Crippen LogP contribution in [0.15, 0.2) is 54.1 Å². The molecule has 2 heterocycles. The van der Waals surface area contributed by atoms with E-state index in [1.54, 1.807) is 24.2 Å². The quantitative estimate of drug-likeness (QED) is 0.689. The fourth-order valence-corrected chi connectivity index (χ4v) is 2.99. The van der Waals surface area contributed by atoms with Gasteiger partial charge >= 0.3 is 0 Å². The smallest absolute Gasteiger partial charge is 0.169 e. The van der Waals surface area contributed by atoms with E-state index in [0.29, 0.717) is 5.56 Å². The highest BCUT2D eigenvalue weighted by Gasteiger charge is 2.12. The van der Waals surface area contributed by atoms with Gasteiger partial charge in [0, 0.05) is 30.0 Å². The second-order valence-electron chi connectivity index (χ2n) is 4.38. The first-order chi connectivity index (χ1) is 9.78. The Morgan fingerprint density at radius 3 is 2.55 bits per heavy atom. The van der Waals surface area contributed by atoms with Crippen molar-refractivity contribution in [2.75, 3.05) is 0 Å². The normalized spacial score (nSPS) is 12.2. The van der Waals surface area contributed by atoms with Crippen LogP contribution in [0.3, 0.4) is 0 Å². The standard InChI is InChI=1S/C15H12N4S/c1-11(13-4-2-12(10-16)3-5-13)20-15-14-17-6-8-19(14)9-7-18-15/h2-9,11H,1H3/t11-/m1/s1. The van der Waals surface area contributed by atoms with Gasteiger partial charge in [-0.25, -0.2) is 9.97 Å². The highest BCUT2D eigenvalue weighted by molar-refractivity contribution is 7.99. The third-order valence-electron chi connectivity index (χ3n) is 3.08. The molecule has 0 aliphatic rings. The first kappa shape index (κ1) is 12.7. The third kappa shape index (κ3) is 2.38. The molecule has 0 amide bonds. The molecule has 0 radical (unpaired) electrons. The average molecular weight is 280 g/mol. The molecule has 0 N–H and O–H groups in total. The van der Waals surface area contributed by atoms with Crippen molar-refractivity contribution in [2.45, 2.75) is 17.2 Å². The first-order valence-electron chi connectivity index (χ1n) is 6.22. The zero-order valence-electron chi connectivity index (χ0n) is 10.9. The molecule has 0 unspecified atom stereocenters. The summed E-state index contributed by atoms with van der Waals surface area (Å²) >= 11 is 1.67. The van der Waals surface area contributed by atoms with E-state index in [2.05, 4.69) is 23.0 Å². The lowest BCUT2D eigenvalue weighted by Crippen LogP contribution is -1.93. The van der Waals surface area contributed by atoms with Crippen LogP contribution in [0.1, 0.15) is 23.3 Å². The van der Waals surface area contributed by atoms with Crippen molar-refractivity contribution < 1.29 is 0 Å². The number of imidazole rings is 1. The number of nitrogens with zero attached hydrogens (tertiary/aromatic N) is 4. The lowest BCUT2D eigenvalue weighted by molar-refractivity contribution is 1.01. The van der Waals surface area contributed by atoms with Gasteiger partial charge in [0.1, 0.15) is 5.03 Å². The van der Waals surface area contributed by atoms with Gasteiger partial charge in [-0.2, -0.15) is 5.26 Å². The Balaban J connectivity index is 1.86. The summed E-state index contributed by atoms with van der Waals surface area (Å²) in [5.74, 6) is 0. The first-order valence-corrected chi connectivity index (χ1v) is 7.10. The Morgan fingerprint density at radius 2 is 1.85 bits per heavy atom. The van der Waals surface area contributed by atoms with E-state index in [4.69, 9.17) is 5.26 Å². The predicted octanol–water partition coefficient (Wildman–Crippen LogP) is 3.45. The minimum Gasteiger partial charge on any atom is -0.303 e. The monoisotopic (exact) mass is 280 g/mol. The Kier molecular flexibility index (Phi) is 3.40. The van der Waals surface area contributed by atoms with Gasteiger partial charge in [-0.3, -0.25) is 0 Å². The maximum atomic E-state index is 8.82. The molecule has 2 aromatic heterocycles. The number of nitriles is 1. The van der Waals surface area contributed by atoms with E-state index in [0.717, 1.165) is 10.7 Å². The third-order valence-corrected chi connectivity index (χ3v) is 4.21. The molecule has 1 aromatic carbocycles. The number of hydrogen-bond donors (Lipinski definition) is 0. The van der Waals surface area contributed by atoms with E-state index in [9.17, 15) is 0 Å². The van der Waals surface area contributed by atoms with Crippen LogP contribution >= 0.6 is 11.8 Å². The molecule has 0 saturated heterocycles. The molecule has 98 valence electrons. The van der Waals surface area contributed by atoms with E-state index in [1.807, 2.05) is 41.1 Å². The number of fused-ring (bicyclic) bond motifs is 1. The fraction of sp³-hybridized carbons (Fsp3) is 0.133. The van der Waals surface area contributed by atoms with Crippen molar-refractivity contribution in [2.24, 2.45) is 0 Å². The molecule has 1 atom stereocenters. The molecule has 0 aliphatic carbocycles. The summed E-state index contributed by atoms with van der Waals surface area (Å²) in [4.78, 5) is 8.73. The van der Waals surface area contributed by atoms with Crippen LogP contribution in [0, 0.1) is 11.3 Å². The SMILES string of the molecule is C[C@@H](Sc1nccn2ccnc12)c1ccc(C#N)cc1. The van der Waals surface area contributed by atoms with Gasteiger partial charge in [-0.05, 0) is 24.6 Å². The number of thioether (sulfide) groups is 1. The number of hydrogen-bond acceptors (Lipinski definition) is 4. The van der Waals surface area contributed by atoms with Gasteiger partial charge in [-0.15, -0.1) is 0 Å². The van der Waals surface area contributed by atoms with Gasteiger partial charge in [0.2, 0.25) is 0 Å². The zero-order valence-corrected chi connectivity index (χ0v) is 11.7. The topological polar surface area (TPSA) is 54.0 Å². The lowest BCUT2D eigenvalue weighted by atomic mass is 10.1. The van der Waals surface area contributed by atoms with Crippen molar-refractivity contribution in [1.29, 1.82) is 5.26 Å². The van der Waals surface area contributed by atoms with Gasteiger partial charge in [0.25, 0.3) is 0 Å². The molecule has 0 spiro atoms. The van der Waals surface area contributed by atoms with E-state index < -0.39 is 0 Å². The van der Waals surface area contributed by atoms with Crippen molar-refractivity contribution >= 4 is 17.4 Å². The van der Waals surface area contributed by atoms with E-state index in [-0.39, 0.29) is 5.25 Å². The molecule has 20 heavy (non-hydrogen) atoms. The summed E-state index contributed by atoms with van der Waals surface area (Å²) in [6, 6.07) is 9.79. The Labute approximate surface area is 121 Å². The summed E-state index contributed by atoms with van der Waals surface area (Å²) in [6.45, 7) is 2.13. The van der Waals surface area contributed by atoms with Gasteiger partial charge in [-0.1, -0.05) is 23.9 Å². The molecule has 0 fully saturated rings. The largest absolute Gasteiger partial charge is 0.303 e. The Morgan fingerprint density at radius 1 is 1.15 bits per heavy atom. The summed E-state index contributed by atoms with van der Waals surface area (Å²) < 4.78 is 1.96. The zero-order chi connectivity index (χ0) is 13.9. The maximum absolute atomic E-state index is 8.82. The van der Waals surface area contributed by atoms with Crippen LogP contribution in [0.5, 0.6) is 0 Å². The van der Waals surface area contributed by atoms with Gasteiger partial charge in [0.05, 0.1) is 11.6 Å². The van der Waals surface area contributed by atoms with Crippen LogP contribution in [-0.2, 0) is 0 Å². The second kappa shape index (κ2) is 5.35. The molecule has 3 rings (SSSR count). The van der Waals surface area contributed by atoms with Crippen LogP contribution in [0.4, 0.5) is 0 Å². The second-order valence-corrected chi connectivity index (χ2v) is 5.71. The number of rotatable bonds is 3. The summed E-state index contributed by atoms with van der Waals surface area (Å²) in [6.07, 6.45) is 7.35. The lowest BCUT2D eigenvalue weighted by Gasteiger charge is -2.11. The van der Waals surface area contributed by atoms with Gasteiger partial charge < -0.3 is 4.40 Å². The molecule has 3 aromatic rings. The van der Waals surface area contributed by atoms with Crippen LogP contribution in [0.2, 0.25) is 0 Å².